The molecule has 1 unspecified atom stereocenters. The zero-order valence-electron chi connectivity index (χ0n) is 12.5. The molecule has 112 valence electrons. The Kier molecular flexibility index (Phi) is 5.22. The molecule has 0 radical (unpaired) electrons. The van der Waals surface area contributed by atoms with Crippen LogP contribution >= 0.6 is 11.8 Å². The minimum absolute atomic E-state index is 0.331. The maximum absolute atomic E-state index is 10.1. The van der Waals surface area contributed by atoms with Crippen LogP contribution in [0.2, 0.25) is 0 Å². The molecule has 0 aliphatic carbocycles. The van der Waals surface area contributed by atoms with E-state index in [1.807, 2.05) is 43.8 Å². The zero-order valence-corrected chi connectivity index (χ0v) is 13.3. The Bertz CT molecular complexity index is 445. The molecule has 0 bridgehead atoms. The second kappa shape index (κ2) is 6.72. The summed E-state index contributed by atoms with van der Waals surface area (Å²) < 4.78 is 11.7. The van der Waals surface area contributed by atoms with Crippen molar-refractivity contribution in [2.45, 2.75) is 45.3 Å². The number of fused-ring (bicyclic) bond motifs is 1. The standard InChI is InChI=1S/C16H24O3S/c1-4-20-9-5-8-18-12-6-7-13-14(17)11-16(2,3)19-15(13)10-12/h6-7,10,14,17H,4-5,8-9,11H2,1-3H3. The molecule has 0 fully saturated rings. The van der Waals surface area contributed by atoms with Gasteiger partial charge in [-0.25, -0.2) is 0 Å². The lowest BCUT2D eigenvalue weighted by molar-refractivity contribution is 0.0113. The predicted octanol–water partition coefficient (Wildman–Crippen LogP) is 3.80. The van der Waals surface area contributed by atoms with E-state index in [4.69, 9.17) is 9.47 Å². The quantitative estimate of drug-likeness (QED) is 0.810. The number of rotatable bonds is 6. The van der Waals surface area contributed by atoms with Gasteiger partial charge in [0.1, 0.15) is 17.1 Å². The summed E-state index contributed by atoms with van der Waals surface area (Å²) >= 11 is 1.93. The van der Waals surface area contributed by atoms with Gasteiger partial charge in [0, 0.05) is 18.1 Å². The molecular weight excluding hydrogens is 272 g/mol. The Morgan fingerprint density at radius 3 is 3.00 bits per heavy atom. The van der Waals surface area contributed by atoms with Gasteiger partial charge in [0.05, 0.1) is 12.7 Å². The van der Waals surface area contributed by atoms with Crippen molar-refractivity contribution in [2.24, 2.45) is 0 Å². The molecule has 0 saturated carbocycles. The normalized spacial score (nSPS) is 20.1. The van der Waals surface area contributed by atoms with Gasteiger partial charge in [0.15, 0.2) is 0 Å². The molecule has 1 aromatic carbocycles. The average Bonchev–Trinajstić information content (AvgIpc) is 2.36. The van der Waals surface area contributed by atoms with Gasteiger partial charge in [0.25, 0.3) is 0 Å². The van der Waals surface area contributed by atoms with Gasteiger partial charge in [-0.2, -0.15) is 11.8 Å². The summed E-state index contributed by atoms with van der Waals surface area (Å²) in [5.74, 6) is 3.84. The third-order valence-electron chi connectivity index (χ3n) is 3.32. The highest BCUT2D eigenvalue weighted by Crippen LogP contribution is 2.41. The molecule has 20 heavy (non-hydrogen) atoms. The third-order valence-corrected chi connectivity index (χ3v) is 4.31. The number of ether oxygens (including phenoxy) is 2. The van der Waals surface area contributed by atoms with Crippen molar-refractivity contribution in [1.82, 2.24) is 0 Å². The first-order chi connectivity index (χ1) is 9.52. The molecule has 1 aliphatic heterocycles. The second-order valence-corrected chi connectivity index (χ2v) is 7.07. The molecule has 0 spiro atoms. The van der Waals surface area contributed by atoms with Crippen molar-refractivity contribution in [1.29, 1.82) is 0 Å². The van der Waals surface area contributed by atoms with Crippen LogP contribution in [0.25, 0.3) is 0 Å². The molecule has 0 saturated heterocycles. The summed E-state index contributed by atoms with van der Waals surface area (Å²) in [6.07, 6.45) is 1.21. The first-order valence-electron chi connectivity index (χ1n) is 7.23. The zero-order chi connectivity index (χ0) is 14.6. The fourth-order valence-corrected chi connectivity index (χ4v) is 2.99. The largest absolute Gasteiger partial charge is 0.493 e. The Hall–Kier alpha value is -0.870. The third kappa shape index (κ3) is 4.06. The summed E-state index contributed by atoms with van der Waals surface area (Å²) in [5.41, 5.74) is 0.529. The molecular formula is C16H24O3S. The first-order valence-corrected chi connectivity index (χ1v) is 8.39. The van der Waals surface area contributed by atoms with Gasteiger partial charge >= 0.3 is 0 Å². The highest BCUT2D eigenvalue weighted by molar-refractivity contribution is 7.99. The van der Waals surface area contributed by atoms with E-state index in [2.05, 4.69) is 6.92 Å². The van der Waals surface area contributed by atoms with Crippen molar-refractivity contribution >= 4 is 11.8 Å². The van der Waals surface area contributed by atoms with Crippen molar-refractivity contribution in [3.63, 3.8) is 0 Å². The lowest BCUT2D eigenvalue weighted by Gasteiger charge is -2.35. The lowest BCUT2D eigenvalue weighted by Crippen LogP contribution is -2.34. The van der Waals surface area contributed by atoms with Crippen LogP contribution in [0.5, 0.6) is 11.5 Å². The number of thioether (sulfide) groups is 1. The number of benzene rings is 1. The fourth-order valence-electron chi connectivity index (χ4n) is 2.38. The summed E-state index contributed by atoms with van der Waals surface area (Å²) in [6, 6.07) is 5.72. The minimum Gasteiger partial charge on any atom is -0.493 e. The summed E-state index contributed by atoms with van der Waals surface area (Å²) in [4.78, 5) is 0. The molecule has 1 aliphatic rings. The van der Waals surface area contributed by atoms with E-state index in [0.29, 0.717) is 6.42 Å². The van der Waals surface area contributed by atoms with Crippen molar-refractivity contribution < 1.29 is 14.6 Å². The van der Waals surface area contributed by atoms with Crippen LogP contribution < -0.4 is 9.47 Å². The van der Waals surface area contributed by atoms with E-state index in [1.165, 1.54) is 0 Å². The first kappa shape index (κ1) is 15.5. The summed E-state index contributed by atoms with van der Waals surface area (Å²) in [6.45, 7) is 6.88. The van der Waals surface area contributed by atoms with E-state index in [0.717, 1.165) is 41.6 Å². The Balaban J connectivity index is 1.97. The molecule has 1 N–H and O–H groups in total. The van der Waals surface area contributed by atoms with Gasteiger partial charge in [-0.15, -0.1) is 0 Å². The molecule has 3 nitrogen and oxygen atoms in total. The van der Waals surface area contributed by atoms with Gasteiger partial charge < -0.3 is 14.6 Å². The van der Waals surface area contributed by atoms with Crippen LogP contribution in [0.4, 0.5) is 0 Å². The van der Waals surface area contributed by atoms with Gasteiger partial charge in [-0.3, -0.25) is 0 Å². The van der Waals surface area contributed by atoms with Crippen LogP contribution in [-0.2, 0) is 0 Å². The SMILES string of the molecule is CCSCCCOc1ccc2c(c1)OC(C)(C)CC2O. The lowest BCUT2D eigenvalue weighted by atomic mass is 9.92. The van der Waals surface area contributed by atoms with Crippen molar-refractivity contribution in [3.05, 3.63) is 23.8 Å². The number of hydrogen-bond acceptors (Lipinski definition) is 4. The van der Waals surface area contributed by atoms with Crippen LogP contribution in [0.3, 0.4) is 0 Å². The number of aliphatic hydroxyl groups excluding tert-OH is 1. The Morgan fingerprint density at radius 2 is 2.25 bits per heavy atom. The topological polar surface area (TPSA) is 38.7 Å². The molecule has 1 aromatic rings. The molecule has 0 aromatic heterocycles. The van der Waals surface area contributed by atoms with Gasteiger partial charge in [0.2, 0.25) is 0 Å². The van der Waals surface area contributed by atoms with E-state index in [1.54, 1.807) is 0 Å². The minimum atomic E-state index is -0.455. The maximum atomic E-state index is 10.1. The van der Waals surface area contributed by atoms with Crippen LogP contribution in [-0.4, -0.2) is 28.8 Å². The fraction of sp³-hybridized carbons (Fsp3) is 0.625. The van der Waals surface area contributed by atoms with Crippen LogP contribution in [0.1, 0.15) is 45.3 Å². The second-order valence-electron chi connectivity index (χ2n) is 5.68. The van der Waals surface area contributed by atoms with Gasteiger partial charge in [-0.1, -0.05) is 6.92 Å². The number of hydrogen-bond donors (Lipinski definition) is 1. The molecule has 2 rings (SSSR count). The molecule has 0 amide bonds. The maximum Gasteiger partial charge on any atom is 0.129 e. The molecule has 1 atom stereocenters. The summed E-state index contributed by atoms with van der Waals surface area (Å²) in [5, 5.41) is 10.1. The molecule has 1 heterocycles. The van der Waals surface area contributed by atoms with Gasteiger partial charge in [-0.05, 0) is 43.9 Å². The van der Waals surface area contributed by atoms with Crippen molar-refractivity contribution in [3.8, 4) is 11.5 Å². The van der Waals surface area contributed by atoms with E-state index in [-0.39, 0.29) is 5.60 Å². The average molecular weight is 296 g/mol. The Labute approximate surface area is 125 Å². The van der Waals surface area contributed by atoms with E-state index >= 15 is 0 Å². The summed E-state index contributed by atoms with van der Waals surface area (Å²) in [7, 11) is 0. The highest BCUT2D eigenvalue weighted by atomic mass is 32.2. The van der Waals surface area contributed by atoms with E-state index in [9.17, 15) is 5.11 Å². The molecule has 4 heteroatoms. The number of aliphatic hydroxyl groups is 1. The highest BCUT2D eigenvalue weighted by Gasteiger charge is 2.32. The van der Waals surface area contributed by atoms with Crippen LogP contribution in [0, 0.1) is 0 Å². The Morgan fingerprint density at radius 1 is 1.45 bits per heavy atom. The predicted molar refractivity (Wildman–Crippen MR) is 83.8 cm³/mol. The monoisotopic (exact) mass is 296 g/mol. The van der Waals surface area contributed by atoms with E-state index < -0.39 is 6.10 Å². The van der Waals surface area contributed by atoms with Crippen LogP contribution in [0.15, 0.2) is 18.2 Å². The van der Waals surface area contributed by atoms with Crippen molar-refractivity contribution in [2.75, 3.05) is 18.1 Å². The smallest absolute Gasteiger partial charge is 0.129 e.